The number of hydrogen-bond donors (Lipinski definition) is 3. The van der Waals surface area contributed by atoms with Crippen LogP contribution in [0.5, 0.6) is 0 Å². The topological polar surface area (TPSA) is 102 Å². The predicted octanol–water partition coefficient (Wildman–Crippen LogP) is 0.474. The maximum atomic E-state index is 12.2. The second kappa shape index (κ2) is 5.55. The van der Waals surface area contributed by atoms with E-state index in [0.717, 1.165) is 25.5 Å². The average Bonchev–Trinajstić information content (AvgIpc) is 2.84. The summed E-state index contributed by atoms with van der Waals surface area (Å²) in [6.07, 6.45) is 2.69. The van der Waals surface area contributed by atoms with E-state index in [4.69, 9.17) is 5.11 Å². The molecule has 0 saturated carbocycles. The van der Waals surface area contributed by atoms with Gasteiger partial charge in [0.05, 0.1) is 0 Å². The molecule has 20 heavy (non-hydrogen) atoms. The summed E-state index contributed by atoms with van der Waals surface area (Å²) < 4.78 is 27.0. The van der Waals surface area contributed by atoms with Gasteiger partial charge >= 0.3 is 5.97 Å². The Morgan fingerprint density at radius 3 is 2.80 bits per heavy atom. The molecule has 1 aliphatic heterocycles. The average molecular weight is 301 g/mol. The van der Waals surface area contributed by atoms with E-state index in [9.17, 15) is 13.2 Å². The molecule has 1 saturated heterocycles. The van der Waals surface area contributed by atoms with Crippen molar-refractivity contribution in [3.05, 3.63) is 18.0 Å². The van der Waals surface area contributed by atoms with Crippen LogP contribution in [0.1, 0.15) is 30.3 Å². The molecular weight excluding hydrogens is 282 g/mol. The highest BCUT2D eigenvalue weighted by Gasteiger charge is 2.27. The summed E-state index contributed by atoms with van der Waals surface area (Å²) in [7, 11) is -1.66. The van der Waals surface area contributed by atoms with E-state index in [1.165, 1.54) is 6.20 Å². The molecule has 2 unspecified atom stereocenters. The lowest BCUT2D eigenvalue weighted by Gasteiger charge is -2.35. The minimum atomic E-state index is -3.68. The lowest BCUT2D eigenvalue weighted by Crippen LogP contribution is -2.47. The second-order valence-corrected chi connectivity index (χ2v) is 6.94. The summed E-state index contributed by atoms with van der Waals surface area (Å²) in [5.41, 5.74) is -0.137. The Hall–Kier alpha value is -1.38. The molecule has 0 amide bonds. The van der Waals surface area contributed by atoms with Crippen molar-refractivity contribution in [2.24, 2.45) is 0 Å². The maximum Gasteiger partial charge on any atom is 0.352 e. The Bertz CT molecular complexity index is 596. The molecule has 8 heteroatoms. The van der Waals surface area contributed by atoms with Crippen molar-refractivity contribution < 1.29 is 18.3 Å². The second-order valence-electron chi connectivity index (χ2n) is 5.23. The zero-order valence-electron chi connectivity index (χ0n) is 11.5. The molecule has 2 rings (SSSR count). The Morgan fingerprint density at radius 1 is 1.55 bits per heavy atom. The zero-order valence-corrected chi connectivity index (χ0v) is 12.3. The summed E-state index contributed by atoms with van der Waals surface area (Å²) in [4.78, 5) is 15.3. The number of hydrogen-bond acceptors (Lipinski definition) is 4. The number of likely N-dealkylation sites (tertiary alicyclic amines) is 1. The van der Waals surface area contributed by atoms with Crippen LogP contribution in [-0.4, -0.2) is 55.1 Å². The first-order valence-corrected chi connectivity index (χ1v) is 7.92. The van der Waals surface area contributed by atoms with Crippen LogP contribution in [0.4, 0.5) is 0 Å². The van der Waals surface area contributed by atoms with Crippen LogP contribution in [0.2, 0.25) is 0 Å². The number of aromatic nitrogens is 1. The number of H-pyrrole nitrogens is 1. The summed E-state index contributed by atoms with van der Waals surface area (Å²) in [6, 6.07) is 1.33. The highest BCUT2D eigenvalue weighted by molar-refractivity contribution is 7.89. The molecule has 0 bridgehead atoms. The molecule has 0 radical (unpaired) electrons. The van der Waals surface area contributed by atoms with E-state index in [2.05, 4.69) is 21.5 Å². The van der Waals surface area contributed by atoms with Gasteiger partial charge in [-0.25, -0.2) is 17.9 Å². The van der Waals surface area contributed by atoms with Crippen molar-refractivity contribution in [2.45, 2.75) is 36.7 Å². The molecular formula is C12H19N3O4S. The molecule has 1 fully saturated rings. The van der Waals surface area contributed by atoms with Crippen LogP contribution in [0.25, 0.3) is 0 Å². The molecule has 2 heterocycles. The fraction of sp³-hybridized carbons (Fsp3) is 0.583. The van der Waals surface area contributed by atoms with E-state index >= 15 is 0 Å². The number of carbonyl (C=O) groups is 1. The van der Waals surface area contributed by atoms with Gasteiger partial charge in [-0.2, -0.15) is 0 Å². The van der Waals surface area contributed by atoms with Crippen molar-refractivity contribution >= 4 is 16.0 Å². The zero-order chi connectivity index (χ0) is 14.9. The van der Waals surface area contributed by atoms with Gasteiger partial charge in [0.1, 0.15) is 10.6 Å². The molecule has 1 aromatic rings. The number of rotatable bonds is 4. The quantitative estimate of drug-likeness (QED) is 0.750. The largest absolute Gasteiger partial charge is 0.477 e. The number of aromatic amines is 1. The van der Waals surface area contributed by atoms with Gasteiger partial charge in [0.15, 0.2) is 0 Å². The van der Waals surface area contributed by atoms with E-state index in [-0.39, 0.29) is 16.6 Å². The lowest BCUT2D eigenvalue weighted by atomic mass is 10.0. The van der Waals surface area contributed by atoms with Gasteiger partial charge in [-0.15, -0.1) is 0 Å². The van der Waals surface area contributed by atoms with Crippen LogP contribution in [0, 0.1) is 0 Å². The molecule has 3 N–H and O–H groups in total. The molecule has 0 spiro atoms. The summed E-state index contributed by atoms with van der Waals surface area (Å²) in [5, 5.41) is 8.80. The Labute approximate surface area is 118 Å². The summed E-state index contributed by atoms with van der Waals surface area (Å²) in [6.45, 7) is 2.89. The summed E-state index contributed by atoms with van der Waals surface area (Å²) >= 11 is 0. The van der Waals surface area contributed by atoms with Crippen LogP contribution >= 0.6 is 0 Å². The number of piperidine rings is 1. The smallest absolute Gasteiger partial charge is 0.352 e. The molecule has 1 aliphatic rings. The molecule has 0 aromatic carbocycles. The van der Waals surface area contributed by atoms with Crippen LogP contribution in [-0.2, 0) is 10.0 Å². The number of sulfonamides is 1. The van der Waals surface area contributed by atoms with E-state index < -0.39 is 16.0 Å². The van der Waals surface area contributed by atoms with Crippen LogP contribution < -0.4 is 4.72 Å². The van der Waals surface area contributed by atoms with Gasteiger partial charge in [0, 0.05) is 18.3 Å². The lowest BCUT2D eigenvalue weighted by molar-refractivity contribution is 0.0691. The highest BCUT2D eigenvalue weighted by Crippen LogP contribution is 2.18. The minimum Gasteiger partial charge on any atom is -0.477 e. The van der Waals surface area contributed by atoms with Crippen molar-refractivity contribution in [1.29, 1.82) is 0 Å². The highest BCUT2D eigenvalue weighted by atomic mass is 32.2. The number of nitrogens with zero attached hydrogens (tertiary/aromatic N) is 1. The van der Waals surface area contributed by atoms with E-state index in [0.29, 0.717) is 6.04 Å². The van der Waals surface area contributed by atoms with Gasteiger partial charge in [0.2, 0.25) is 10.0 Å². The number of carboxylic acids is 1. The van der Waals surface area contributed by atoms with Gasteiger partial charge in [-0.05, 0) is 39.4 Å². The fourth-order valence-corrected chi connectivity index (χ4v) is 3.61. The number of nitrogens with one attached hydrogen (secondary N) is 2. The maximum absolute atomic E-state index is 12.2. The predicted molar refractivity (Wildman–Crippen MR) is 73.2 cm³/mol. The minimum absolute atomic E-state index is 0.0403. The summed E-state index contributed by atoms with van der Waals surface area (Å²) in [5.74, 6) is -1.18. The van der Waals surface area contributed by atoms with Crippen molar-refractivity contribution in [3.8, 4) is 0 Å². The SMILES string of the molecule is CC1CC(NS(=O)(=O)c2c[nH]c(C(=O)O)c2)CCN1C. The van der Waals surface area contributed by atoms with Gasteiger partial charge < -0.3 is 15.0 Å². The monoisotopic (exact) mass is 301 g/mol. The third-order valence-corrected chi connectivity index (χ3v) is 5.23. The van der Waals surface area contributed by atoms with E-state index in [1.54, 1.807) is 0 Å². The van der Waals surface area contributed by atoms with Crippen LogP contribution in [0.3, 0.4) is 0 Å². The number of carboxylic acid groups (broad SMARTS) is 1. The molecule has 112 valence electrons. The Kier molecular flexibility index (Phi) is 4.17. The Morgan fingerprint density at radius 2 is 2.25 bits per heavy atom. The van der Waals surface area contributed by atoms with Crippen LogP contribution in [0.15, 0.2) is 17.2 Å². The van der Waals surface area contributed by atoms with Gasteiger partial charge in [-0.1, -0.05) is 0 Å². The first kappa shape index (κ1) is 15.0. The Balaban J connectivity index is 2.09. The molecule has 1 aromatic heterocycles. The van der Waals surface area contributed by atoms with Crippen molar-refractivity contribution in [3.63, 3.8) is 0 Å². The van der Waals surface area contributed by atoms with Gasteiger partial charge in [-0.3, -0.25) is 0 Å². The normalized spacial score (nSPS) is 24.7. The van der Waals surface area contributed by atoms with Crippen molar-refractivity contribution in [2.75, 3.05) is 13.6 Å². The third kappa shape index (κ3) is 3.20. The van der Waals surface area contributed by atoms with E-state index in [1.807, 2.05) is 7.05 Å². The molecule has 2 atom stereocenters. The fourth-order valence-electron chi connectivity index (χ4n) is 2.34. The molecule has 0 aliphatic carbocycles. The standard InChI is InChI=1S/C12H19N3O4S/c1-8-5-9(3-4-15(8)2)14-20(18,19)10-6-11(12(16)17)13-7-10/h6-9,13-14H,3-5H2,1-2H3,(H,16,17). The first-order chi connectivity index (χ1) is 9.29. The van der Waals surface area contributed by atoms with Crippen molar-refractivity contribution in [1.82, 2.24) is 14.6 Å². The third-order valence-electron chi connectivity index (χ3n) is 3.73. The van der Waals surface area contributed by atoms with Gasteiger partial charge in [0.25, 0.3) is 0 Å². The molecule has 7 nitrogen and oxygen atoms in total. The first-order valence-electron chi connectivity index (χ1n) is 6.44. The number of aromatic carboxylic acids is 1.